The minimum atomic E-state index is -4.42. The van der Waals surface area contributed by atoms with Crippen LogP contribution in [-0.2, 0) is 32.7 Å². The number of quaternary nitrogens is 1. The first kappa shape index (κ1) is 89.6. The summed E-state index contributed by atoms with van der Waals surface area (Å²) < 4.78 is 34.7. The lowest BCUT2D eigenvalue weighted by molar-refractivity contribution is -0.870. The Morgan fingerprint density at radius 3 is 0.883 bits per heavy atom. The van der Waals surface area contributed by atoms with Crippen molar-refractivity contribution in [2.75, 3.05) is 47.5 Å². The first-order chi connectivity index (χ1) is 46.0. The maximum absolute atomic E-state index is 12.9. The Morgan fingerprint density at radius 1 is 0.330 bits per heavy atom. The number of carbonyl (C=O) groups is 2. The van der Waals surface area contributed by atoms with Gasteiger partial charge in [0.15, 0.2) is 6.10 Å². The summed E-state index contributed by atoms with van der Waals surface area (Å²) in [6.45, 7) is 4.15. The molecule has 0 spiro atoms. The molecule has 0 aromatic carbocycles. The van der Waals surface area contributed by atoms with Crippen LogP contribution >= 0.6 is 7.82 Å². The monoisotopic (exact) mass is 1330 g/mol. The molecule has 0 aromatic heterocycles. The highest BCUT2D eigenvalue weighted by atomic mass is 31.2. The summed E-state index contributed by atoms with van der Waals surface area (Å²) in [4.78, 5) is 35.9. The van der Waals surface area contributed by atoms with Crippen molar-refractivity contribution >= 4 is 19.8 Å². The molecule has 0 aliphatic rings. The highest BCUT2D eigenvalue weighted by Gasteiger charge is 2.27. The number of carbonyl (C=O) groups excluding carboxylic acids is 2. The minimum Gasteiger partial charge on any atom is -0.462 e. The molecule has 0 bridgehead atoms. The average Bonchev–Trinajstić information content (AvgIpc) is 1.65. The number of ether oxygens (including phenoxy) is 2. The van der Waals surface area contributed by atoms with Gasteiger partial charge in [-0.2, -0.15) is 0 Å². The Hall–Kier alpha value is -4.37. The number of nitrogens with zero attached hydrogens (tertiary/aromatic N) is 1. The van der Waals surface area contributed by atoms with Gasteiger partial charge in [-0.3, -0.25) is 18.6 Å². The minimum absolute atomic E-state index is 0.0145. The Bertz CT molecular complexity index is 2150. The van der Waals surface area contributed by atoms with Crippen LogP contribution < -0.4 is 0 Å². The van der Waals surface area contributed by atoms with Crippen molar-refractivity contribution in [3.05, 3.63) is 158 Å². The molecular weight excluding hydrogens is 1180 g/mol. The molecule has 0 radical (unpaired) electrons. The molecule has 2 unspecified atom stereocenters. The van der Waals surface area contributed by atoms with E-state index in [0.29, 0.717) is 23.9 Å². The second-order valence-electron chi connectivity index (χ2n) is 26.3. The predicted molar refractivity (Wildman–Crippen MR) is 408 cm³/mol. The van der Waals surface area contributed by atoms with Gasteiger partial charge in [0, 0.05) is 12.8 Å². The van der Waals surface area contributed by atoms with Gasteiger partial charge in [-0.25, -0.2) is 4.57 Å². The Balaban J connectivity index is 4.03. The quantitative estimate of drug-likeness (QED) is 0.0211. The number of hydrogen-bond acceptors (Lipinski definition) is 7. The zero-order valence-electron chi connectivity index (χ0n) is 61.1. The van der Waals surface area contributed by atoms with Crippen molar-refractivity contribution in [3.8, 4) is 0 Å². The van der Waals surface area contributed by atoms with Crippen LogP contribution in [0.5, 0.6) is 0 Å². The van der Waals surface area contributed by atoms with Crippen molar-refractivity contribution < 1.29 is 42.1 Å². The van der Waals surface area contributed by atoms with Gasteiger partial charge in [-0.05, 0) is 116 Å². The third-order valence-electron chi connectivity index (χ3n) is 16.1. The molecule has 0 saturated carbocycles. The summed E-state index contributed by atoms with van der Waals surface area (Å²) in [6.07, 6.45) is 110. The lowest BCUT2D eigenvalue weighted by atomic mass is 10.0. The summed E-state index contributed by atoms with van der Waals surface area (Å²) in [7, 11) is 1.43. The van der Waals surface area contributed by atoms with Crippen molar-refractivity contribution in [3.63, 3.8) is 0 Å². The fourth-order valence-corrected chi connectivity index (χ4v) is 11.0. The number of rotatable bonds is 69. The van der Waals surface area contributed by atoms with Crippen molar-refractivity contribution in [1.29, 1.82) is 0 Å². The van der Waals surface area contributed by atoms with Gasteiger partial charge >= 0.3 is 19.8 Å². The number of likely N-dealkylation sites (N-methyl/N-ethyl adjacent to an activating group) is 1. The molecular formula is C84H143NO8P+. The molecule has 0 aromatic rings. The van der Waals surface area contributed by atoms with Crippen LogP contribution in [0, 0.1) is 0 Å². The third-order valence-corrected chi connectivity index (χ3v) is 17.0. The van der Waals surface area contributed by atoms with Crippen LogP contribution in [0.1, 0.15) is 309 Å². The highest BCUT2D eigenvalue weighted by Crippen LogP contribution is 2.43. The van der Waals surface area contributed by atoms with E-state index in [-0.39, 0.29) is 32.0 Å². The van der Waals surface area contributed by atoms with Crippen LogP contribution in [-0.4, -0.2) is 74.9 Å². The number of phosphoric ester groups is 1. The van der Waals surface area contributed by atoms with E-state index in [1.54, 1.807) is 0 Å². The van der Waals surface area contributed by atoms with Crippen molar-refractivity contribution in [2.24, 2.45) is 0 Å². The largest absolute Gasteiger partial charge is 0.472 e. The van der Waals surface area contributed by atoms with E-state index in [1.165, 1.54) is 167 Å². The molecule has 0 rings (SSSR count). The molecule has 1 N–H and O–H groups in total. The molecule has 0 amide bonds. The molecule has 0 saturated heterocycles. The smallest absolute Gasteiger partial charge is 0.462 e. The molecule has 0 aliphatic heterocycles. The summed E-state index contributed by atoms with van der Waals surface area (Å²) in [5.74, 6) is -0.866. The maximum atomic E-state index is 12.9. The lowest BCUT2D eigenvalue weighted by Gasteiger charge is -2.24. The van der Waals surface area contributed by atoms with Crippen LogP contribution in [0.4, 0.5) is 0 Å². The molecule has 0 fully saturated rings. The van der Waals surface area contributed by atoms with E-state index >= 15 is 0 Å². The molecule has 10 heteroatoms. The highest BCUT2D eigenvalue weighted by molar-refractivity contribution is 7.47. The summed E-state index contributed by atoms with van der Waals surface area (Å²) in [6, 6.07) is 0. The first-order valence-corrected chi connectivity index (χ1v) is 39.7. The second kappa shape index (κ2) is 72.9. The lowest BCUT2D eigenvalue weighted by Crippen LogP contribution is -2.37. The second-order valence-corrected chi connectivity index (χ2v) is 27.7. The van der Waals surface area contributed by atoms with Gasteiger partial charge in [0.2, 0.25) is 0 Å². The number of phosphoric acid groups is 1. The number of allylic oxidation sites excluding steroid dienone is 26. The van der Waals surface area contributed by atoms with E-state index in [9.17, 15) is 19.0 Å². The van der Waals surface area contributed by atoms with E-state index in [0.717, 1.165) is 103 Å². The molecule has 536 valence electrons. The first-order valence-electron chi connectivity index (χ1n) is 38.2. The third kappa shape index (κ3) is 76.6. The normalized spacial score (nSPS) is 14.0. The standard InChI is InChI=1S/C84H142NO8P/c1-6-8-10-12-14-16-18-20-22-24-26-28-30-32-34-36-37-38-39-40-41-42-43-44-45-46-47-49-50-52-54-56-58-60-62-64-66-68-70-72-74-76-83(86)90-80-82(81-92-94(88,89)91-79-78-85(3,4)5)93-84(87)77-75-73-71-69-67-65-63-61-59-57-55-53-51-48-35-33-31-29-27-25-23-21-19-17-15-13-11-9-7-2/h8-11,14-17,20-23,26-29,33,35,51,53,57,59,63,65,69,71,82H,6-7,12-13,18-19,24-25,30-32,34,36-50,52,54-56,58,60-62,64,66-68,70,72-81H2,1-5H3/p+1/b10-8-,11-9-,16-14-,17-15-,22-20-,23-21-,28-26-,29-27-,35-33-,53-51-,59-57-,65-63-,71-69-. The van der Waals surface area contributed by atoms with Crippen LogP contribution in [0.2, 0.25) is 0 Å². The van der Waals surface area contributed by atoms with E-state index < -0.39 is 26.5 Å². The van der Waals surface area contributed by atoms with E-state index in [4.69, 9.17) is 18.5 Å². The van der Waals surface area contributed by atoms with Gasteiger partial charge in [0.05, 0.1) is 27.7 Å². The zero-order valence-corrected chi connectivity index (χ0v) is 62.0. The summed E-state index contributed by atoms with van der Waals surface area (Å²) in [5, 5.41) is 0. The van der Waals surface area contributed by atoms with Crippen LogP contribution in [0.3, 0.4) is 0 Å². The van der Waals surface area contributed by atoms with Gasteiger partial charge in [0.25, 0.3) is 0 Å². The zero-order chi connectivity index (χ0) is 68.3. The number of esters is 2. The molecule has 9 nitrogen and oxygen atoms in total. The predicted octanol–water partition coefficient (Wildman–Crippen LogP) is 25.5. The van der Waals surface area contributed by atoms with Crippen molar-refractivity contribution in [1.82, 2.24) is 0 Å². The number of hydrogen-bond donors (Lipinski definition) is 1. The average molecular weight is 1330 g/mol. The molecule has 94 heavy (non-hydrogen) atoms. The van der Waals surface area contributed by atoms with Gasteiger partial charge in [-0.15, -0.1) is 0 Å². The van der Waals surface area contributed by atoms with Gasteiger partial charge in [0.1, 0.15) is 19.8 Å². The molecule has 0 aliphatic carbocycles. The van der Waals surface area contributed by atoms with E-state index in [2.05, 4.69) is 172 Å². The molecule has 0 heterocycles. The maximum Gasteiger partial charge on any atom is 0.472 e. The summed E-state index contributed by atoms with van der Waals surface area (Å²) in [5.41, 5.74) is 0. The van der Waals surface area contributed by atoms with Crippen LogP contribution in [0.15, 0.2) is 158 Å². The SMILES string of the molecule is CC/C=C\C/C=C\C/C=C\C/C=C\C/C=C\C/C=C\C/C=C\C/C=C\C/C=C\CCCC(=O)OC(COC(=O)CCCCCCCCCCCCCCCCCCCCCCCCCCCCCC/C=C\C/C=C\C/C=C\C/C=C\CC)COP(=O)(O)OCC[N+](C)(C)C. The van der Waals surface area contributed by atoms with Crippen molar-refractivity contribution in [2.45, 2.75) is 315 Å². The number of unbranched alkanes of at least 4 members (excludes halogenated alkanes) is 29. The topological polar surface area (TPSA) is 108 Å². The fraction of sp³-hybridized carbons (Fsp3) is 0.667. The summed E-state index contributed by atoms with van der Waals surface area (Å²) >= 11 is 0. The Morgan fingerprint density at radius 2 is 0.585 bits per heavy atom. The van der Waals surface area contributed by atoms with Gasteiger partial charge in [-0.1, -0.05) is 339 Å². The molecule has 2 atom stereocenters. The fourth-order valence-electron chi connectivity index (χ4n) is 10.3. The Labute approximate surface area is 579 Å². The van der Waals surface area contributed by atoms with E-state index in [1.807, 2.05) is 21.1 Å². The van der Waals surface area contributed by atoms with Crippen LogP contribution in [0.25, 0.3) is 0 Å². The van der Waals surface area contributed by atoms with Gasteiger partial charge < -0.3 is 18.9 Å². The Kier molecular flexibility index (Phi) is 69.5.